The summed E-state index contributed by atoms with van der Waals surface area (Å²) in [6.45, 7) is 3.68. The third-order valence-electron chi connectivity index (χ3n) is 2.44. The Kier molecular flexibility index (Phi) is 5.88. The number of rotatable bonds is 6. The van der Waals surface area contributed by atoms with Gasteiger partial charge in [0.15, 0.2) is 5.84 Å². The van der Waals surface area contributed by atoms with Gasteiger partial charge < -0.3 is 10.9 Å². The average Bonchev–Trinajstić information content (AvgIpc) is 2.34. The summed E-state index contributed by atoms with van der Waals surface area (Å²) < 4.78 is 13.3. The molecule has 0 aliphatic carbocycles. The van der Waals surface area contributed by atoms with Crippen molar-refractivity contribution in [3.05, 3.63) is 34.6 Å². The molecule has 0 aliphatic rings. The Morgan fingerprint density at radius 2 is 2.28 bits per heavy atom. The second-order valence-electron chi connectivity index (χ2n) is 4.05. The van der Waals surface area contributed by atoms with Gasteiger partial charge in [-0.25, -0.2) is 4.39 Å². The molecule has 1 aromatic carbocycles. The average molecular weight is 274 g/mol. The number of halogens is 2. The van der Waals surface area contributed by atoms with Gasteiger partial charge in [0.1, 0.15) is 5.82 Å². The van der Waals surface area contributed by atoms with Gasteiger partial charge in [0.05, 0.1) is 11.6 Å². The summed E-state index contributed by atoms with van der Waals surface area (Å²) in [5, 5.41) is 11.6. The van der Waals surface area contributed by atoms with Gasteiger partial charge in [-0.1, -0.05) is 29.7 Å². The molecule has 3 N–H and O–H groups in total. The van der Waals surface area contributed by atoms with Crippen molar-refractivity contribution < 1.29 is 9.60 Å². The van der Waals surface area contributed by atoms with E-state index in [1.165, 1.54) is 12.1 Å². The second-order valence-corrected chi connectivity index (χ2v) is 4.46. The molecule has 100 valence electrons. The van der Waals surface area contributed by atoms with E-state index < -0.39 is 5.82 Å². The fourth-order valence-electron chi connectivity index (χ4n) is 1.69. The van der Waals surface area contributed by atoms with Crippen LogP contribution in [0.2, 0.25) is 5.02 Å². The molecule has 4 nitrogen and oxygen atoms in total. The normalized spacial score (nSPS) is 12.1. The highest BCUT2D eigenvalue weighted by Gasteiger charge is 2.09. The van der Waals surface area contributed by atoms with Crippen molar-refractivity contribution in [1.29, 1.82) is 0 Å². The maximum Gasteiger partial charge on any atom is 0.153 e. The van der Waals surface area contributed by atoms with E-state index >= 15 is 0 Å². The molecular weight excluding hydrogens is 257 g/mol. The van der Waals surface area contributed by atoms with Gasteiger partial charge in [-0.3, -0.25) is 4.90 Å². The molecule has 1 rings (SSSR count). The minimum absolute atomic E-state index is 0.109. The summed E-state index contributed by atoms with van der Waals surface area (Å²) in [5.74, 6) is -0.299. The van der Waals surface area contributed by atoms with E-state index in [0.29, 0.717) is 13.1 Å². The lowest BCUT2D eigenvalue weighted by atomic mass is 10.2. The van der Waals surface area contributed by atoms with Crippen molar-refractivity contribution in [1.82, 2.24) is 4.90 Å². The molecule has 6 heteroatoms. The van der Waals surface area contributed by atoms with Crippen LogP contribution in [0.5, 0.6) is 0 Å². The lowest BCUT2D eigenvalue weighted by Gasteiger charge is -2.20. The molecule has 0 radical (unpaired) electrons. The highest BCUT2D eigenvalue weighted by Crippen LogP contribution is 2.16. The summed E-state index contributed by atoms with van der Waals surface area (Å²) in [7, 11) is 0. The monoisotopic (exact) mass is 273 g/mol. The Balaban J connectivity index is 2.73. The van der Waals surface area contributed by atoms with Crippen LogP contribution in [0.1, 0.15) is 18.9 Å². The van der Waals surface area contributed by atoms with Crippen LogP contribution in [0, 0.1) is 5.82 Å². The molecule has 0 amide bonds. The van der Waals surface area contributed by atoms with Crippen LogP contribution >= 0.6 is 11.6 Å². The first-order valence-corrected chi connectivity index (χ1v) is 6.07. The molecule has 0 saturated carbocycles. The lowest BCUT2D eigenvalue weighted by molar-refractivity contribution is 0.285. The molecule has 1 aromatic rings. The van der Waals surface area contributed by atoms with E-state index in [9.17, 15) is 4.39 Å². The Morgan fingerprint density at radius 1 is 1.56 bits per heavy atom. The molecule has 0 fully saturated rings. The predicted molar refractivity (Wildman–Crippen MR) is 70.4 cm³/mol. The zero-order valence-corrected chi connectivity index (χ0v) is 11.0. The second kappa shape index (κ2) is 7.18. The highest BCUT2D eigenvalue weighted by molar-refractivity contribution is 6.30. The molecule has 0 unspecified atom stereocenters. The van der Waals surface area contributed by atoms with Crippen LogP contribution in [0.25, 0.3) is 0 Å². The maximum absolute atomic E-state index is 13.3. The van der Waals surface area contributed by atoms with Crippen molar-refractivity contribution in [3.63, 3.8) is 0 Å². The largest absolute Gasteiger partial charge is 0.409 e. The smallest absolute Gasteiger partial charge is 0.153 e. The van der Waals surface area contributed by atoms with E-state index in [2.05, 4.69) is 5.16 Å². The molecule has 0 spiro atoms. The van der Waals surface area contributed by atoms with E-state index in [-0.39, 0.29) is 10.9 Å². The molecule has 0 aromatic heterocycles. The number of nitrogens with zero attached hydrogens (tertiary/aromatic N) is 2. The Bertz CT molecular complexity index is 426. The summed E-state index contributed by atoms with van der Waals surface area (Å²) in [6.07, 6.45) is 0.925. The maximum atomic E-state index is 13.3. The van der Waals surface area contributed by atoms with Crippen LogP contribution in [0.3, 0.4) is 0 Å². The summed E-state index contributed by atoms with van der Waals surface area (Å²) in [5.41, 5.74) is 6.28. The van der Waals surface area contributed by atoms with Gasteiger partial charge in [0.25, 0.3) is 0 Å². The molecule has 18 heavy (non-hydrogen) atoms. The first-order chi connectivity index (χ1) is 8.56. The first kappa shape index (κ1) is 14.7. The highest BCUT2D eigenvalue weighted by atomic mass is 35.5. The topological polar surface area (TPSA) is 61.8 Å². The van der Waals surface area contributed by atoms with Crippen molar-refractivity contribution in [3.8, 4) is 0 Å². The molecule has 0 saturated heterocycles. The number of benzene rings is 1. The zero-order chi connectivity index (χ0) is 13.5. The molecule has 0 bridgehead atoms. The van der Waals surface area contributed by atoms with Gasteiger partial charge in [0.2, 0.25) is 0 Å². The van der Waals surface area contributed by atoms with Gasteiger partial charge in [-0.2, -0.15) is 0 Å². The molecule has 0 atom stereocenters. The van der Waals surface area contributed by atoms with E-state index in [1.807, 2.05) is 11.8 Å². The van der Waals surface area contributed by atoms with E-state index in [1.54, 1.807) is 6.07 Å². The third kappa shape index (κ3) is 4.50. The van der Waals surface area contributed by atoms with Crippen molar-refractivity contribution >= 4 is 17.4 Å². The number of oxime groups is 1. The number of nitrogens with two attached hydrogens (primary N) is 1. The Hall–Kier alpha value is -1.33. The van der Waals surface area contributed by atoms with Crippen LogP contribution in [-0.2, 0) is 6.54 Å². The SMILES string of the molecule is CCCN(C/C(N)=N/O)Cc1ccc(Cl)c(F)c1. The minimum Gasteiger partial charge on any atom is -0.409 e. The fraction of sp³-hybridized carbons (Fsp3) is 0.417. The molecule has 0 heterocycles. The predicted octanol–water partition coefficient (Wildman–Crippen LogP) is 2.44. The van der Waals surface area contributed by atoms with Crippen molar-refractivity contribution in [2.45, 2.75) is 19.9 Å². The molecular formula is C12H17ClFN3O. The molecule has 0 aliphatic heterocycles. The van der Waals surface area contributed by atoms with E-state index in [0.717, 1.165) is 18.5 Å². The van der Waals surface area contributed by atoms with Crippen LogP contribution in [-0.4, -0.2) is 29.0 Å². The quantitative estimate of drug-likeness (QED) is 0.362. The Morgan fingerprint density at radius 3 is 2.83 bits per heavy atom. The number of hydrogen-bond acceptors (Lipinski definition) is 3. The van der Waals surface area contributed by atoms with Gasteiger partial charge in [0, 0.05) is 6.54 Å². The standard InChI is InChI=1S/C12H17ClFN3O/c1-2-5-17(8-12(15)16-18)7-9-3-4-10(13)11(14)6-9/h3-4,6,18H,2,5,7-8H2,1H3,(H2,15,16). The van der Waals surface area contributed by atoms with Crippen molar-refractivity contribution in [2.24, 2.45) is 10.9 Å². The van der Waals surface area contributed by atoms with E-state index in [4.69, 9.17) is 22.5 Å². The van der Waals surface area contributed by atoms with Gasteiger partial charge in [-0.05, 0) is 30.7 Å². The zero-order valence-electron chi connectivity index (χ0n) is 10.2. The van der Waals surface area contributed by atoms with Gasteiger partial charge >= 0.3 is 0 Å². The number of amidine groups is 1. The first-order valence-electron chi connectivity index (χ1n) is 5.69. The minimum atomic E-state index is -0.436. The van der Waals surface area contributed by atoms with Crippen LogP contribution in [0.4, 0.5) is 4.39 Å². The third-order valence-corrected chi connectivity index (χ3v) is 2.75. The van der Waals surface area contributed by atoms with Crippen molar-refractivity contribution in [2.75, 3.05) is 13.1 Å². The Labute approximate surface area is 111 Å². The lowest BCUT2D eigenvalue weighted by Crippen LogP contribution is -2.34. The van der Waals surface area contributed by atoms with Crippen LogP contribution in [0.15, 0.2) is 23.4 Å². The number of hydrogen-bond donors (Lipinski definition) is 2. The summed E-state index contributed by atoms with van der Waals surface area (Å²) >= 11 is 5.62. The van der Waals surface area contributed by atoms with Crippen LogP contribution < -0.4 is 5.73 Å². The van der Waals surface area contributed by atoms with Gasteiger partial charge in [-0.15, -0.1) is 0 Å². The summed E-state index contributed by atoms with van der Waals surface area (Å²) in [6, 6.07) is 4.69. The fourth-order valence-corrected chi connectivity index (χ4v) is 1.80. The summed E-state index contributed by atoms with van der Waals surface area (Å²) in [4.78, 5) is 1.97.